The van der Waals surface area contributed by atoms with E-state index in [1.165, 1.54) is 0 Å². The third-order valence-electron chi connectivity index (χ3n) is 2.13. The van der Waals surface area contributed by atoms with Crippen molar-refractivity contribution in [2.75, 3.05) is 13.2 Å². The molecule has 0 aliphatic heterocycles. The summed E-state index contributed by atoms with van der Waals surface area (Å²) in [7, 11) is 0. The number of unbranched alkanes of at least 4 members (excludes halogenated alkanes) is 2. The van der Waals surface area contributed by atoms with Crippen LogP contribution in [-0.4, -0.2) is 25.3 Å². The molecule has 0 aromatic carbocycles. The largest absolute Gasteiger partial charge is 0.377 e. The molecule has 0 fully saturated rings. The Balaban J connectivity index is 3.80. The molecule has 0 N–H and O–H groups in total. The van der Waals surface area contributed by atoms with Crippen molar-refractivity contribution >= 4 is 5.97 Å². The smallest absolute Gasteiger partial charge is 0.266 e. The Bertz CT molecular complexity index is 189. The second-order valence-electron chi connectivity index (χ2n) is 3.78. The maximum Gasteiger partial charge on any atom is 0.377 e. The summed E-state index contributed by atoms with van der Waals surface area (Å²) in [4.78, 5) is 30.4. The molecule has 1 unspecified atom stereocenters. The van der Waals surface area contributed by atoms with Gasteiger partial charge in [0.05, 0.1) is 13.2 Å². The summed E-state index contributed by atoms with van der Waals surface area (Å²) in [6, 6.07) is 0. The zero-order valence-electron chi connectivity index (χ0n) is 11.5. The molecule has 0 heterocycles. The SMILES string of the molecule is CCCCOOOC(=O)C(CCCC)OOCC. The highest BCUT2D eigenvalue weighted by molar-refractivity contribution is 5.73. The number of hydrogen-bond acceptors (Lipinski definition) is 6. The lowest BCUT2D eigenvalue weighted by atomic mass is 10.2. The first-order chi connectivity index (χ1) is 8.76. The average molecular weight is 264 g/mol. The zero-order valence-corrected chi connectivity index (χ0v) is 11.5. The van der Waals surface area contributed by atoms with Crippen LogP contribution >= 0.6 is 0 Å². The highest BCUT2D eigenvalue weighted by atomic mass is 17.5. The van der Waals surface area contributed by atoms with E-state index in [0.29, 0.717) is 19.6 Å². The Hall–Kier alpha value is -0.690. The number of carbonyl (C=O) groups excluding carboxylic acids is 1. The predicted molar refractivity (Wildman–Crippen MR) is 64.1 cm³/mol. The molecule has 6 nitrogen and oxygen atoms in total. The molecule has 1 atom stereocenters. The van der Waals surface area contributed by atoms with E-state index in [9.17, 15) is 4.79 Å². The Morgan fingerprint density at radius 1 is 1.06 bits per heavy atom. The van der Waals surface area contributed by atoms with Crippen molar-refractivity contribution in [2.24, 2.45) is 0 Å². The van der Waals surface area contributed by atoms with Crippen LogP contribution in [-0.2, 0) is 29.4 Å². The highest BCUT2D eigenvalue weighted by Crippen LogP contribution is 2.08. The Morgan fingerprint density at radius 2 is 1.78 bits per heavy atom. The van der Waals surface area contributed by atoms with Gasteiger partial charge in [0.1, 0.15) is 0 Å². The van der Waals surface area contributed by atoms with E-state index in [4.69, 9.17) is 9.78 Å². The fourth-order valence-electron chi connectivity index (χ4n) is 1.09. The molecule has 18 heavy (non-hydrogen) atoms. The summed E-state index contributed by atoms with van der Waals surface area (Å²) in [6.07, 6.45) is 3.35. The van der Waals surface area contributed by atoms with E-state index in [-0.39, 0.29) is 0 Å². The molecule has 0 aliphatic carbocycles. The van der Waals surface area contributed by atoms with Crippen molar-refractivity contribution in [1.29, 1.82) is 0 Å². The van der Waals surface area contributed by atoms with Gasteiger partial charge in [-0.1, -0.05) is 33.1 Å². The molecular formula is C12H24O6. The fourth-order valence-corrected chi connectivity index (χ4v) is 1.09. The Morgan fingerprint density at radius 3 is 2.39 bits per heavy atom. The van der Waals surface area contributed by atoms with Gasteiger partial charge < -0.3 is 0 Å². The van der Waals surface area contributed by atoms with Crippen LogP contribution < -0.4 is 0 Å². The molecule has 0 spiro atoms. The Kier molecular flexibility index (Phi) is 12.3. The summed E-state index contributed by atoms with van der Waals surface area (Å²) in [6.45, 7) is 6.56. The van der Waals surface area contributed by atoms with Gasteiger partial charge in [0.2, 0.25) is 0 Å². The van der Waals surface area contributed by atoms with Crippen molar-refractivity contribution in [3.8, 4) is 0 Å². The minimum Gasteiger partial charge on any atom is -0.266 e. The normalized spacial score (nSPS) is 12.4. The van der Waals surface area contributed by atoms with Gasteiger partial charge in [-0.2, -0.15) is 4.89 Å². The van der Waals surface area contributed by atoms with Crippen molar-refractivity contribution < 1.29 is 29.4 Å². The van der Waals surface area contributed by atoms with Gasteiger partial charge in [-0.25, -0.2) is 14.6 Å². The van der Waals surface area contributed by atoms with Crippen LogP contribution in [0, 0.1) is 0 Å². The average Bonchev–Trinajstić information content (AvgIpc) is 2.38. The fraction of sp³-hybridized carbons (Fsp3) is 0.917. The van der Waals surface area contributed by atoms with Crippen molar-refractivity contribution in [2.45, 2.75) is 59.0 Å². The highest BCUT2D eigenvalue weighted by Gasteiger charge is 2.23. The predicted octanol–water partition coefficient (Wildman–Crippen LogP) is 2.72. The molecule has 0 saturated heterocycles. The second-order valence-corrected chi connectivity index (χ2v) is 3.78. The van der Waals surface area contributed by atoms with Crippen LogP contribution in [0.4, 0.5) is 0 Å². The van der Waals surface area contributed by atoms with Gasteiger partial charge in [0, 0.05) is 0 Å². The van der Waals surface area contributed by atoms with Crippen molar-refractivity contribution in [3.05, 3.63) is 0 Å². The van der Waals surface area contributed by atoms with Crippen molar-refractivity contribution in [3.63, 3.8) is 0 Å². The molecule has 0 amide bonds. The maximum absolute atomic E-state index is 11.6. The van der Waals surface area contributed by atoms with Crippen LogP contribution in [0.15, 0.2) is 0 Å². The summed E-state index contributed by atoms with van der Waals surface area (Å²) in [5.41, 5.74) is 0. The zero-order chi connectivity index (χ0) is 13.6. The molecule has 0 aliphatic rings. The van der Waals surface area contributed by atoms with Crippen LogP contribution in [0.5, 0.6) is 0 Å². The van der Waals surface area contributed by atoms with E-state index in [0.717, 1.165) is 25.7 Å². The van der Waals surface area contributed by atoms with Gasteiger partial charge in [0.15, 0.2) is 6.10 Å². The number of carbonyl (C=O) groups is 1. The second kappa shape index (κ2) is 12.8. The third kappa shape index (κ3) is 9.35. The topological polar surface area (TPSA) is 63.2 Å². The maximum atomic E-state index is 11.6. The van der Waals surface area contributed by atoms with Gasteiger partial charge in [-0.3, -0.25) is 4.89 Å². The lowest BCUT2D eigenvalue weighted by Gasteiger charge is -2.13. The van der Waals surface area contributed by atoms with E-state index in [1.807, 2.05) is 13.8 Å². The first-order valence-corrected chi connectivity index (χ1v) is 6.54. The number of rotatable bonds is 12. The van der Waals surface area contributed by atoms with Crippen molar-refractivity contribution in [1.82, 2.24) is 0 Å². The molecule has 0 rings (SSSR count). The van der Waals surface area contributed by atoms with E-state index in [2.05, 4.69) is 14.8 Å². The van der Waals surface area contributed by atoms with Gasteiger partial charge in [-0.15, -0.1) is 0 Å². The Labute approximate surface area is 108 Å². The lowest BCUT2D eigenvalue weighted by molar-refractivity contribution is -0.490. The summed E-state index contributed by atoms with van der Waals surface area (Å²) >= 11 is 0. The summed E-state index contributed by atoms with van der Waals surface area (Å²) in [5.74, 6) is -0.645. The molecule has 0 aromatic rings. The minimum absolute atomic E-state index is 0.365. The lowest BCUT2D eigenvalue weighted by Crippen LogP contribution is -2.27. The van der Waals surface area contributed by atoms with Gasteiger partial charge in [-0.05, 0) is 24.8 Å². The van der Waals surface area contributed by atoms with Crippen LogP contribution in [0.2, 0.25) is 0 Å². The van der Waals surface area contributed by atoms with Crippen LogP contribution in [0.1, 0.15) is 52.9 Å². The standard InChI is InChI=1S/C12H24O6/c1-4-7-9-11(16-14-6-3)12(13)17-18-15-10-8-5-2/h11H,4-10H2,1-3H3. The first-order valence-electron chi connectivity index (χ1n) is 6.54. The third-order valence-corrected chi connectivity index (χ3v) is 2.13. The first kappa shape index (κ1) is 17.3. The molecule has 0 radical (unpaired) electrons. The van der Waals surface area contributed by atoms with Crippen LogP contribution in [0.25, 0.3) is 0 Å². The molecule has 0 bridgehead atoms. The minimum atomic E-state index is -0.778. The summed E-state index contributed by atoms with van der Waals surface area (Å²) in [5, 5.41) is 4.35. The van der Waals surface area contributed by atoms with Gasteiger partial charge in [0.25, 0.3) is 0 Å². The van der Waals surface area contributed by atoms with Crippen LogP contribution in [0.3, 0.4) is 0 Å². The molecular weight excluding hydrogens is 240 g/mol. The molecule has 108 valence electrons. The van der Waals surface area contributed by atoms with E-state index >= 15 is 0 Å². The van der Waals surface area contributed by atoms with E-state index < -0.39 is 12.1 Å². The molecule has 0 aromatic heterocycles. The molecule has 6 heteroatoms. The number of hydrogen-bond donors (Lipinski definition) is 0. The van der Waals surface area contributed by atoms with Gasteiger partial charge >= 0.3 is 5.97 Å². The quantitative estimate of drug-likeness (QED) is 0.307. The molecule has 0 saturated carbocycles. The monoisotopic (exact) mass is 264 g/mol. The van der Waals surface area contributed by atoms with E-state index in [1.54, 1.807) is 6.92 Å². The summed E-state index contributed by atoms with van der Waals surface area (Å²) < 4.78 is 0.